The number of aromatic nitrogens is 1. The molecular weight excluding hydrogens is 639 g/mol. The van der Waals surface area contributed by atoms with Crippen molar-refractivity contribution < 1.29 is 18.2 Å². The number of hydrogen-bond donors (Lipinski definition) is 0. The molecule has 0 saturated carbocycles. The third-order valence-electron chi connectivity index (χ3n) is 11.2. The predicted molar refractivity (Wildman–Crippen MR) is 218 cm³/mol. The zero-order valence-corrected chi connectivity index (χ0v) is 32.7. The van der Waals surface area contributed by atoms with E-state index in [4.69, 9.17) is 9.15 Å². The third kappa shape index (κ3) is 7.61. The summed E-state index contributed by atoms with van der Waals surface area (Å²) in [6.45, 7) is 21.7. The number of quaternary nitrogens is 1. The summed E-state index contributed by atoms with van der Waals surface area (Å²) in [5.41, 5.74) is 9.17. The normalized spacial score (nSPS) is 14.3. The molecule has 1 aliphatic heterocycles. The summed E-state index contributed by atoms with van der Waals surface area (Å²) < 4.78 is 16.8. The summed E-state index contributed by atoms with van der Waals surface area (Å²) in [7, 11) is 0. The summed E-state index contributed by atoms with van der Waals surface area (Å²) in [6, 6.07) is 36.1. The van der Waals surface area contributed by atoms with E-state index in [1.54, 1.807) is 0 Å². The van der Waals surface area contributed by atoms with Crippen molar-refractivity contribution in [1.29, 1.82) is 0 Å². The molecular formula is C47H59N3O2+2. The van der Waals surface area contributed by atoms with E-state index in [9.17, 15) is 0 Å². The van der Waals surface area contributed by atoms with Crippen LogP contribution in [0, 0.1) is 0 Å². The van der Waals surface area contributed by atoms with Gasteiger partial charge in [-0.25, -0.2) is 0 Å². The van der Waals surface area contributed by atoms with Crippen molar-refractivity contribution in [3.63, 3.8) is 0 Å². The zero-order valence-electron chi connectivity index (χ0n) is 32.7. The van der Waals surface area contributed by atoms with E-state index >= 15 is 0 Å². The number of oxazole rings is 1. The first kappa shape index (κ1) is 37.2. The number of allylic oxidation sites excluding steroid dienone is 2. The second-order valence-corrected chi connectivity index (χ2v) is 15.2. The Hall–Kier alpha value is -4.61. The fraction of sp³-hybridized carbons (Fsp3) is 0.383. The molecule has 0 saturated heterocycles. The summed E-state index contributed by atoms with van der Waals surface area (Å²) in [6.07, 6.45) is 8.56. The quantitative estimate of drug-likeness (QED) is 0.0805. The Balaban J connectivity index is 1.39. The molecule has 5 nitrogen and oxygen atoms in total. The van der Waals surface area contributed by atoms with Gasteiger partial charge in [0.15, 0.2) is 12.3 Å². The summed E-state index contributed by atoms with van der Waals surface area (Å²) in [5.74, 6) is 2.67. The predicted octanol–water partition coefficient (Wildman–Crippen LogP) is 11.8. The van der Waals surface area contributed by atoms with Crippen LogP contribution in [0.4, 0.5) is 5.69 Å². The number of hydrogen-bond acceptors (Lipinski definition) is 3. The molecule has 5 heteroatoms. The number of anilines is 1. The molecule has 0 bridgehead atoms. The minimum Gasteiger partial charge on any atom is -0.439 e. The molecule has 0 unspecified atom stereocenters. The van der Waals surface area contributed by atoms with Crippen LogP contribution in [0.15, 0.2) is 119 Å². The number of rotatable bonds is 15. The first-order valence-electron chi connectivity index (χ1n) is 19.6. The Morgan fingerprint density at radius 2 is 1.35 bits per heavy atom. The van der Waals surface area contributed by atoms with Crippen LogP contribution in [0.5, 0.6) is 5.75 Å². The van der Waals surface area contributed by atoms with Gasteiger partial charge in [-0.05, 0) is 100 Å². The average Bonchev–Trinajstić information content (AvgIpc) is 3.67. The highest BCUT2D eigenvalue weighted by molar-refractivity contribution is 5.79. The van der Waals surface area contributed by atoms with Crippen molar-refractivity contribution in [2.24, 2.45) is 0 Å². The molecule has 6 rings (SSSR count). The SMILES string of the molecule is CCCCN1C(=CC(=Cc2oc3ccc(-c4ccccc4)cc3[n+]2CCC[N+](C(C)C)(C(C)C)C(C)C)CC)Oc2ccc(-c3ccccc3)cc21. The highest BCUT2D eigenvalue weighted by Gasteiger charge is 2.38. The second kappa shape index (κ2) is 16.4. The van der Waals surface area contributed by atoms with Gasteiger partial charge in [-0.3, -0.25) is 0 Å². The van der Waals surface area contributed by atoms with Crippen molar-refractivity contribution in [2.45, 2.75) is 106 Å². The maximum Gasteiger partial charge on any atom is 0.374 e. The van der Waals surface area contributed by atoms with Crippen molar-refractivity contribution in [2.75, 3.05) is 18.0 Å². The van der Waals surface area contributed by atoms with Crippen LogP contribution < -0.4 is 14.2 Å². The van der Waals surface area contributed by atoms with Gasteiger partial charge in [0.2, 0.25) is 11.5 Å². The first-order chi connectivity index (χ1) is 25.2. The van der Waals surface area contributed by atoms with E-state index in [1.165, 1.54) is 27.8 Å². The van der Waals surface area contributed by atoms with Crippen molar-refractivity contribution in [1.82, 2.24) is 0 Å². The fourth-order valence-electron chi connectivity index (χ4n) is 8.44. The maximum absolute atomic E-state index is 6.73. The lowest BCUT2D eigenvalue weighted by Crippen LogP contribution is -2.62. The lowest BCUT2D eigenvalue weighted by Gasteiger charge is -2.49. The van der Waals surface area contributed by atoms with Gasteiger partial charge in [-0.2, -0.15) is 4.57 Å². The van der Waals surface area contributed by atoms with E-state index in [0.29, 0.717) is 18.1 Å². The summed E-state index contributed by atoms with van der Waals surface area (Å²) in [5, 5.41) is 0. The van der Waals surface area contributed by atoms with Crippen LogP contribution in [0.1, 0.15) is 87.0 Å². The Morgan fingerprint density at radius 1 is 0.731 bits per heavy atom. The van der Waals surface area contributed by atoms with Crippen LogP contribution >= 0.6 is 0 Å². The molecule has 1 aromatic heterocycles. The first-order valence-corrected chi connectivity index (χ1v) is 19.6. The Bertz CT molecular complexity index is 1980. The molecule has 0 aliphatic carbocycles. The van der Waals surface area contributed by atoms with Gasteiger partial charge < -0.3 is 18.5 Å². The molecule has 0 fully saturated rings. The minimum atomic E-state index is 0.545. The minimum absolute atomic E-state index is 0.545. The Kier molecular flexibility index (Phi) is 11.7. The topological polar surface area (TPSA) is 29.5 Å². The molecule has 5 aromatic rings. The molecule has 2 heterocycles. The van der Waals surface area contributed by atoms with Crippen molar-refractivity contribution in [3.05, 3.63) is 120 Å². The van der Waals surface area contributed by atoms with Crippen LogP contribution in [-0.2, 0) is 6.54 Å². The van der Waals surface area contributed by atoms with Gasteiger partial charge in [0.05, 0.1) is 42.9 Å². The van der Waals surface area contributed by atoms with E-state index in [2.05, 4.69) is 174 Å². The molecule has 0 atom stereocenters. The lowest BCUT2D eigenvalue weighted by molar-refractivity contribution is -0.986. The fourth-order valence-corrected chi connectivity index (χ4v) is 8.44. The number of ether oxygens (including phenoxy) is 1. The van der Waals surface area contributed by atoms with Gasteiger partial charge in [0, 0.05) is 18.7 Å². The van der Waals surface area contributed by atoms with Gasteiger partial charge >= 0.3 is 5.89 Å². The van der Waals surface area contributed by atoms with E-state index in [0.717, 1.165) is 84.1 Å². The van der Waals surface area contributed by atoms with Crippen LogP contribution in [0.3, 0.4) is 0 Å². The molecule has 0 amide bonds. The van der Waals surface area contributed by atoms with Crippen molar-refractivity contribution in [3.8, 4) is 28.0 Å². The molecule has 0 N–H and O–H groups in total. The monoisotopic (exact) mass is 697 g/mol. The van der Waals surface area contributed by atoms with E-state index in [-0.39, 0.29) is 0 Å². The number of benzene rings is 4. The summed E-state index contributed by atoms with van der Waals surface area (Å²) in [4.78, 5) is 2.36. The zero-order chi connectivity index (χ0) is 36.8. The highest BCUT2D eigenvalue weighted by Crippen LogP contribution is 2.42. The Morgan fingerprint density at radius 3 is 1.94 bits per heavy atom. The molecule has 0 radical (unpaired) electrons. The van der Waals surface area contributed by atoms with E-state index in [1.807, 2.05) is 0 Å². The average molecular weight is 698 g/mol. The highest BCUT2D eigenvalue weighted by atomic mass is 16.5. The molecule has 0 spiro atoms. The van der Waals surface area contributed by atoms with Crippen LogP contribution in [0.25, 0.3) is 39.4 Å². The number of nitrogens with zero attached hydrogens (tertiary/aromatic N) is 3. The van der Waals surface area contributed by atoms with Gasteiger partial charge in [-0.1, -0.05) is 93.1 Å². The molecule has 4 aromatic carbocycles. The molecule has 272 valence electrons. The molecule has 1 aliphatic rings. The standard InChI is InChI=1S/C47H59N3O2/c1-9-11-27-48-42-32-40(38-19-14-12-15-20-38)23-25-44(42)51-46(48)30-37(10-2)31-47-49(28-18-29-50(34(3)4,35(5)6)36(7)8)43-33-41(24-26-45(43)52-47)39-21-16-13-17-22-39/h12-17,19-26,30-36H,9-11,18,27-29H2,1-8H3/q+2. The second-order valence-electron chi connectivity index (χ2n) is 15.2. The lowest BCUT2D eigenvalue weighted by atomic mass is 10.0. The summed E-state index contributed by atoms with van der Waals surface area (Å²) >= 11 is 0. The van der Waals surface area contributed by atoms with Gasteiger partial charge in [0.1, 0.15) is 0 Å². The number of aryl methyl sites for hydroxylation is 1. The van der Waals surface area contributed by atoms with E-state index < -0.39 is 0 Å². The third-order valence-corrected chi connectivity index (χ3v) is 11.2. The molecule has 52 heavy (non-hydrogen) atoms. The maximum atomic E-state index is 6.73. The van der Waals surface area contributed by atoms with Gasteiger partial charge in [0.25, 0.3) is 5.52 Å². The van der Waals surface area contributed by atoms with Gasteiger partial charge in [-0.15, -0.1) is 0 Å². The largest absolute Gasteiger partial charge is 0.439 e. The van der Waals surface area contributed by atoms with Crippen LogP contribution in [-0.4, -0.2) is 35.7 Å². The number of fused-ring (bicyclic) bond motifs is 2. The van der Waals surface area contributed by atoms with Crippen LogP contribution in [0.2, 0.25) is 0 Å². The van der Waals surface area contributed by atoms with Crippen molar-refractivity contribution >= 4 is 22.9 Å². The Labute approximate surface area is 312 Å². The number of unbranched alkanes of at least 4 members (excludes halogenated alkanes) is 1. The smallest absolute Gasteiger partial charge is 0.374 e.